The summed E-state index contributed by atoms with van der Waals surface area (Å²) in [7, 11) is 0. The molecule has 0 aliphatic carbocycles. The minimum atomic E-state index is 0.448. The van der Waals surface area contributed by atoms with E-state index in [2.05, 4.69) is 24.8 Å². The fourth-order valence-corrected chi connectivity index (χ4v) is 2.03. The second-order valence-electron chi connectivity index (χ2n) is 4.27. The molecular weight excluding hydrogens is 228 g/mol. The minimum absolute atomic E-state index is 0.448. The summed E-state index contributed by atoms with van der Waals surface area (Å²) in [6.45, 7) is 2.07. The Kier molecular flexibility index (Phi) is 2.76. The summed E-state index contributed by atoms with van der Waals surface area (Å²) in [6, 6.07) is 1.66. The van der Waals surface area contributed by atoms with Crippen LogP contribution in [0.25, 0.3) is 11.4 Å². The lowest BCUT2D eigenvalue weighted by molar-refractivity contribution is 0.898. The lowest BCUT2D eigenvalue weighted by atomic mass is 10.3. The van der Waals surface area contributed by atoms with Crippen molar-refractivity contribution in [3.8, 4) is 11.4 Å². The van der Waals surface area contributed by atoms with Crippen LogP contribution in [0.1, 0.15) is 12.8 Å². The van der Waals surface area contributed by atoms with Gasteiger partial charge in [-0.05, 0) is 18.9 Å². The molecule has 3 heterocycles. The van der Waals surface area contributed by atoms with Crippen LogP contribution in [0.15, 0.2) is 24.7 Å². The molecule has 2 aromatic rings. The van der Waals surface area contributed by atoms with E-state index in [-0.39, 0.29) is 0 Å². The van der Waals surface area contributed by atoms with Crippen LogP contribution in [-0.4, -0.2) is 33.0 Å². The smallest absolute Gasteiger partial charge is 0.225 e. The monoisotopic (exact) mass is 242 g/mol. The van der Waals surface area contributed by atoms with Crippen molar-refractivity contribution in [2.75, 3.05) is 23.7 Å². The van der Waals surface area contributed by atoms with Gasteiger partial charge in [0.15, 0.2) is 5.82 Å². The molecule has 6 nitrogen and oxygen atoms in total. The first-order valence-corrected chi connectivity index (χ1v) is 5.99. The Morgan fingerprint density at radius 3 is 2.44 bits per heavy atom. The zero-order valence-electron chi connectivity index (χ0n) is 9.95. The topological polar surface area (TPSA) is 80.8 Å². The standard InChI is InChI=1S/C12H14N6/c13-10-3-4-14-11(17-10)9-7-15-12(16-8-9)18-5-1-2-6-18/h3-4,7-8H,1-2,5-6H2,(H2,13,14,17). The first-order chi connectivity index (χ1) is 8.83. The molecule has 0 bridgehead atoms. The van der Waals surface area contributed by atoms with Crippen molar-refractivity contribution < 1.29 is 0 Å². The second-order valence-corrected chi connectivity index (χ2v) is 4.27. The number of nitrogen functional groups attached to an aromatic ring is 1. The molecule has 1 aliphatic heterocycles. The summed E-state index contributed by atoms with van der Waals surface area (Å²) in [5, 5.41) is 0. The molecule has 1 saturated heterocycles. The first kappa shape index (κ1) is 10.9. The van der Waals surface area contributed by atoms with E-state index in [4.69, 9.17) is 5.73 Å². The molecule has 0 aromatic carbocycles. The van der Waals surface area contributed by atoms with Crippen LogP contribution in [0.4, 0.5) is 11.8 Å². The minimum Gasteiger partial charge on any atom is -0.384 e. The summed E-state index contributed by atoms with van der Waals surface area (Å²) in [5.74, 6) is 1.78. The largest absolute Gasteiger partial charge is 0.384 e. The van der Waals surface area contributed by atoms with E-state index in [0.717, 1.165) is 24.6 Å². The normalized spacial score (nSPS) is 15.0. The Bertz CT molecular complexity index is 533. The van der Waals surface area contributed by atoms with Crippen molar-refractivity contribution in [3.63, 3.8) is 0 Å². The fraction of sp³-hybridized carbons (Fsp3) is 0.333. The van der Waals surface area contributed by atoms with Gasteiger partial charge in [0.25, 0.3) is 0 Å². The van der Waals surface area contributed by atoms with Gasteiger partial charge in [-0.3, -0.25) is 0 Å². The highest BCUT2D eigenvalue weighted by Gasteiger charge is 2.14. The zero-order valence-corrected chi connectivity index (χ0v) is 9.95. The second kappa shape index (κ2) is 4.56. The van der Waals surface area contributed by atoms with Crippen molar-refractivity contribution in [3.05, 3.63) is 24.7 Å². The molecule has 18 heavy (non-hydrogen) atoms. The van der Waals surface area contributed by atoms with Gasteiger partial charge in [-0.1, -0.05) is 0 Å². The average Bonchev–Trinajstić information content (AvgIpc) is 2.93. The third kappa shape index (κ3) is 2.09. The van der Waals surface area contributed by atoms with Crippen molar-refractivity contribution in [1.29, 1.82) is 0 Å². The van der Waals surface area contributed by atoms with Gasteiger partial charge in [0.2, 0.25) is 5.95 Å². The van der Waals surface area contributed by atoms with E-state index >= 15 is 0 Å². The van der Waals surface area contributed by atoms with E-state index in [1.165, 1.54) is 12.8 Å². The van der Waals surface area contributed by atoms with Gasteiger partial charge in [-0.25, -0.2) is 19.9 Å². The molecule has 1 aliphatic rings. The molecule has 3 rings (SSSR count). The van der Waals surface area contributed by atoms with E-state index in [9.17, 15) is 0 Å². The molecule has 0 atom stereocenters. The molecule has 2 N–H and O–H groups in total. The van der Waals surface area contributed by atoms with Crippen molar-refractivity contribution in [2.45, 2.75) is 12.8 Å². The molecule has 0 spiro atoms. The summed E-state index contributed by atoms with van der Waals surface area (Å²) >= 11 is 0. The van der Waals surface area contributed by atoms with Gasteiger partial charge in [0.05, 0.1) is 5.56 Å². The van der Waals surface area contributed by atoms with Crippen molar-refractivity contribution >= 4 is 11.8 Å². The summed E-state index contributed by atoms with van der Waals surface area (Å²) in [4.78, 5) is 19.2. The molecule has 6 heteroatoms. The summed E-state index contributed by atoms with van der Waals surface area (Å²) < 4.78 is 0. The zero-order chi connectivity index (χ0) is 12.4. The summed E-state index contributed by atoms with van der Waals surface area (Å²) in [5.41, 5.74) is 6.41. The maximum Gasteiger partial charge on any atom is 0.225 e. The molecular formula is C12H14N6. The van der Waals surface area contributed by atoms with Crippen molar-refractivity contribution in [1.82, 2.24) is 19.9 Å². The molecule has 0 radical (unpaired) electrons. The Morgan fingerprint density at radius 2 is 1.78 bits per heavy atom. The number of nitrogens with two attached hydrogens (primary N) is 1. The Labute approximate surface area is 105 Å². The van der Waals surface area contributed by atoms with Gasteiger partial charge in [-0.2, -0.15) is 0 Å². The third-order valence-corrected chi connectivity index (χ3v) is 2.96. The lowest BCUT2D eigenvalue weighted by Crippen LogP contribution is -2.20. The Balaban J connectivity index is 1.86. The predicted octanol–water partition coefficient (Wildman–Crippen LogP) is 1.12. The average molecular weight is 242 g/mol. The van der Waals surface area contributed by atoms with Crippen LogP contribution < -0.4 is 10.6 Å². The maximum atomic E-state index is 5.63. The number of rotatable bonds is 2. The highest BCUT2D eigenvalue weighted by Crippen LogP contribution is 2.18. The first-order valence-electron chi connectivity index (χ1n) is 5.99. The number of hydrogen-bond donors (Lipinski definition) is 1. The quantitative estimate of drug-likeness (QED) is 0.849. The van der Waals surface area contributed by atoms with Crippen LogP contribution in [-0.2, 0) is 0 Å². The SMILES string of the molecule is Nc1ccnc(-c2cnc(N3CCCC3)nc2)n1. The lowest BCUT2D eigenvalue weighted by Gasteiger charge is -2.14. The van der Waals surface area contributed by atoms with Gasteiger partial charge in [0, 0.05) is 31.7 Å². The fourth-order valence-electron chi connectivity index (χ4n) is 2.03. The maximum absolute atomic E-state index is 5.63. The molecule has 0 unspecified atom stereocenters. The van der Waals surface area contributed by atoms with Gasteiger partial charge < -0.3 is 10.6 Å². The van der Waals surface area contributed by atoms with Crippen LogP contribution in [0, 0.1) is 0 Å². The number of anilines is 2. The number of nitrogens with zero attached hydrogens (tertiary/aromatic N) is 5. The van der Waals surface area contributed by atoms with E-state index in [1.807, 2.05) is 0 Å². The highest BCUT2D eigenvalue weighted by atomic mass is 15.3. The highest BCUT2D eigenvalue weighted by molar-refractivity contribution is 5.54. The van der Waals surface area contributed by atoms with Crippen LogP contribution in [0.3, 0.4) is 0 Å². The van der Waals surface area contributed by atoms with Gasteiger partial charge >= 0.3 is 0 Å². The van der Waals surface area contributed by atoms with Gasteiger partial charge in [0.1, 0.15) is 5.82 Å². The van der Waals surface area contributed by atoms with Crippen LogP contribution >= 0.6 is 0 Å². The van der Waals surface area contributed by atoms with Gasteiger partial charge in [-0.15, -0.1) is 0 Å². The predicted molar refractivity (Wildman–Crippen MR) is 68.9 cm³/mol. The van der Waals surface area contributed by atoms with Crippen LogP contribution in [0.5, 0.6) is 0 Å². The van der Waals surface area contributed by atoms with E-state index in [0.29, 0.717) is 11.6 Å². The Hall–Kier alpha value is -2.24. The van der Waals surface area contributed by atoms with Crippen LogP contribution in [0.2, 0.25) is 0 Å². The molecule has 0 saturated carbocycles. The van der Waals surface area contributed by atoms with E-state index < -0.39 is 0 Å². The molecule has 92 valence electrons. The Morgan fingerprint density at radius 1 is 1.06 bits per heavy atom. The molecule has 2 aromatic heterocycles. The number of hydrogen-bond acceptors (Lipinski definition) is 6. The molecule has 1 fully saturated rings. The summed E-state index contributed by atoms with van der Waals surface area (Å²) in [6.07, 6.45) is 7.55. The third-order valence-electron chi connectivity index (χ3n) is 2.96. The van der Waals surface area contributed by atoms with Crippen molar-refractivity contribution in [2.24, 2.45) is 0 Å². The molecule has 0 amide bonds. The van der Waals surface area contributed by atoms with E-state index in [1.54, 1.807) is 24.7 Å². The number of aromatic nitrogens is 4.